The zero-order valence-corrected chi connectivity index (χ0v) is 13.2. The molecule has 1 fully saturated rings. The molecule has 21 heavy (non-hydrogen) atoms. The van der Waals surface area contributed by atoms with Gasteiger partial charge < -0.3 is 15.7 Å². The van der Waals surface area contributed by atoms with Crippen LogP contribution in [0, 0.1) is 11.8 Å². The summed E-state index contributed by atoms with van der Waals surface area (Å²) >= 11 is 0. The van der Waals surface area contributed by atoms with Crippen LogP contribution in [0.15, 0.2) is 0 Å². The predicted molar refractivity (Wildman–Crippen MR) is 83.1 cm³/mol. The number of carboxylic acids is 1. The lowest BCUT2D eigenvalue weighted by atomic mass is 9.85. The second kappa shape index (κ2) is 10.6. The van der Waals surface area contributed by atoms with Crippen molar-refractivity contribution in [1.82, 2.24) is 10.6 Å². The summed E-state index contributed by atoms with van der Waals surface area (Å²) in [6.45, 7) is 5.03. The summed E-state index contributed by atoms with van der Waals surface area (Å²) in [5.41, 5.74) is 0. The lowest BCUT2D eigenvalue weighted by Gasteiger charge is -2.28. The van der Waals surface area contributed by atoms with Crippen LogP contribution >= 0.6 is 0 Å². The minimum atomic E-state index is -0.727. The fraction of sp³-hybridized carbons (Fsp3) is 0.875. The Kier molecular flexibility index (Phi) is 9.06. The van der Waals surface area contributed by atoms with Crippen molar-refractivity contribution in [1.29, 1.82) is 0 Å². The van der Waals surface area contributed by atoms with E-state index >= 15 is 0 Å². The van der Waals surface area contributed by atoms with Crippen molar-refractivity contribution in [2.24, 2.45) is 11.8 Å². The van der Waals surface area contributed by atoms with E-state index < -0.39 is 5.97 Å². The summed E-state index contributed by atoms with van der Waals surface area (Å²) in [7, 11) is 0. The summed E-state index contributed by atoms with van der Waals surface area (Å²) in [4.78, 5) is 22.2. The number of aliphatic carboxylic acids is 1. The van der Waals surface area contributed by atoms with E-state index in [1.807, 2.05) is 0 Å². The van der Waals surface area contributed by atoms with Crippen LogP contribution in [0.2, 0.25) is 0 Å². The van der Waals surface area contributed by atoms with Gasteiger partial charge in [0.25, 0.3) is 0 Å². The summed E-state index contributed by atoms with van der Waals surface area (Å²) in [6, 6.07) is 0. The molecule has 0 bridgehead atoms. The summed E-state index contributed by atoms with van der Waals surface area (Å²) in [6.07, 6.45) is 6.88. The molecule has 0 aromatic carbocycles. The molecule has 0 spiro atoms. The number of rotatable bonds is 10. The van der Waals surface area contributed by atoms with Gasteiger partial charge >= 0.3 is 5.97 Å². The quantitative estimate of drug-likeness (QED) is 0.540. The Bertz CT molecular complexity index is 315. The molecule has 5 nitrogen and oxygen atoms in total. The molecule has 1 rings (SSSR count). The van der Waals surface area contributed by atoms with E-state index in [-0.39, 0.29) is 12.3 Å². The lowest BCUT2D eigenvalue weighted by molar-refractivity contribution is -0.137. The van der Waals surface area contributed by atoms with Gasteiger partial charge in [-0.15, -0.1) is 0 Å². The molecule has 0 aliphatic carbocycles. The first-order valence-electron chi connectivity index (χ1n) is 8.29. The van der Waals surface area contributed by atoms with Crippen LogP contribution in [0.4, 0.5) is 0 Å². The highest BCUT2D eigenvalue weighted by Gasteiger charge is 2.21. The fourth-order valence-corrected chi connectivity index (χ4v) is 2.88. The zero-order chi connectivity index (χ0) is 15.5. The molecular formula is C16H30N2O3. The van der Waals surface area contributed by atoms with Crippen molar-refractivity contribution in [2.45, 2.75) is 58.3 Å². The van der Waals surface area contributed by atoms with Crippen LogP contribution < -0.4 is 10.6 Å². The van der Waals surface area contributed by atoms with Gasteiger partial charge in [-0.05, 0) is 50.6 Å². The number of nitrogens with one attached hydrogen (secondary N) is 2. The number of unbranched alkanes of at least 4 members (excludes halogenated alkanes) is 3. The first-order valence-corrected chi connectivity index (χ1v) is 8.29. The molecule has 1 heterocycles. The van der Waals surface area contributed by atoms with E-state index in [0.29, 0.717) is 24.8 Å². The smallest absolute Gasteiger partial charge is 0.303 e. The number of hydrogen-bond acceptors (Lipinski definition) is 3. The molecule has 0 saturated carbocycles. The SMILES string of the molecule is CC(CC(=O)NCCCCCCC(=O)O)C1CCCNC1. The second-order valence-corrected chi connectivity index (χ2v) is 6.20. The molecule has 2 atom stereocenters. The standard InChI is InChI=1S/C16H30N2O3/c1-13(14-7-6-9-17-12-14)11-15(19)18-10-5-3-2-4-8-16(20)21/h13-14,17H,2-12H2,1H3,(H,18,19)(H,20,21). The first kappa shape index (κ1) is 18.0. The number of piperidine rings is 1. The van der Waals surface area contributed by atoms with Gasteiger partial charge in [0.1, 0.15) is 0 Å². The van der Waals surface area contributed by atoms with E-state index in [0.717, 1.165) is 38.8 Å². The van der Waals surface area contributed by atoms with Gasteiger partial charge in [0.2, 0.25) is 5.91 Å². The minimum absolute atomic E-state index is 0.151. The van der Waals surface area contributed by atoms with E-state index in [2.05, 4.69) is 17.6 Å². The van der Waals surface area contributed by atoms with Crippen molar-refractivity contribution in [3.05, 3.63) is 0 Å². The Balaban J connectivity index is 1.99. The average Bonchev–Trinajstić information content (AvgIpc) is 2.46. The largest absolute Gasteiger partial charge is 0.481 e. The van der Waals surface area contributed by atoms with Crippen LogP contribution in [-0.2, 0) is 9.59 Å². The van der Waals surface area contributed by atoms with Crippen molar-refractivity contribution in [3.8, 4) is 0 Å². The molecule has 3 N–H and O–H groups in total. The number of hydrogen-bond donors (Lipinski definition) is 3. The monoisotopic (exact) mass is 298 g/mol. The van der Waals surface area contributed by atoms with Gasteiger partial charge in [0, 0.05) is 19.4 Å². The Morgan fingerprint density at radius 3 is 2.71 bits per heavy atom. The van der Waals surface area contributed by atoms with Crippen LogP contribution in [0.3, 0.4) is 0 Å². The third-order valence-corrected chi connectivity index (χ3v) is 4.29. The van der Waals surface area contributed by atoms with Crippen LogP contribution in [0.5, 0.6) is 0 Å². The van der Waals surface area contributed by atoms with Crippen molar-refractivity contribution in [3.63, 3.8) is 0 Å². The molecule has 122 valence electrons. The average molecular weight is 298 g/mol. The number of carbonyl (C=O) groups excluding carboxylic acids is 1. The topological polar surface area (TPSA) is 78.4 Å². The molecule has 1 saturated heterocycles. The number of carboxylic acid groups (broad SMARTS) is 1. The molecule has 0 radical (unpaired) electrons. The fourth-order valence-electron chi connectivity index (χ4n) is 2.88. The molecule has 5 heteroatoms. The normalized spacial score (nSPS) is 20.0. The van der Waals surface area contributed by atoms with E-state index in [9.17, 15) is 9.59 Å². The first-order chi connectivity index (χ1) is 10.1. The number of carbonyl (C=O) groups is 2. The van der Waals surface area contributed by atoms with Gasteiger partial charge in [-0.1, -0.05) is 19.8 Å². The molecular weight excluding hydrogens is 268 g/mol. The maximum atomic E-state index is 11.9. The summed E-state index contributed by atoms with van der Waals surface area (Å²) < 4.78 is 0. The summed E-state index contributed by atoms with van der Waals surface area (Å²) in [5.74, 6) is 0.488. The van der Waals surface area contributed by atoms with Gasteiger partial charge in [-0.25, -0.2) is 0 Å². The highest BCUT2D eigenvalue weighted by atomic mass is 16.4. The van der Waals surface area contributed by atoms with Crippen molar-refractivity contribution in [2.75, 3.05) is 19.6 Å². The third kappa shape index (κ3) is 8.71. The van der Waals surface area contributed by atoms with Gasteiger partial charge in [-0.3, -0.25) is 9.59 Å². The summed E-state index contributed by atoms with van der Waals surface area (Å²) in [5, 5.41) is 14.9. The maximum Gasteiger partial charge on any atom is 0.303 e. The lowest BCUT2D eigenvalue weighted by Crippen LogP contribution is -2.35. The van der Waals surface area contributed by atoms with Gasteiger partial charge in [-0.2, -0.15) is 0 Å². The molecule has 0 aromatic heterocycles. The molecule has 1 amide bonds. The zero-order valence-electron chi connectivity index (χ0n) is 13.2. The van der Waals surface area contributed by atoms with Crippen molar-refractivity contribution >= 4 is 11.9 Å². The third-order valence-electron chi connectivity index (χ3n) is 4.29. The molecule has 1 aliphatic heterocycles. The Labute approximate surface area is 127 Å². The van der Waals surface area contributed by atoms with Gasteiger partial charge in [0.05, 0.1) is 0 Å². The minimum Gasteiger partial charge on any atom is -0.481 e. The van der Waals surface area contributed by atoms with Crippen LogP contribution in [-0.4, -0.2) is 36.6 Å². The Morgan fingerprint density at radius 2 is 2.05 bits per heavy atom. The van der Waals surface area contributed by atoms with Crippen LogP contribution in [0.25, 0.3) is 0 Å². The molecule has 2 unspecified atom stereocenters. The Morgan fingerprint density at radius 1 is 1.29 bits per heavy atom. The van der Waals surface area contributed by atoms with E-state index in [4.69, 9.17) is 5.11 Å². The predicted octanol–water partition coefficient (Wildman–Crippen LogP) is 2.16. The van der Waals surface area contributed by atoms with E-state index in [1.165, 1.54) is 12.8 Å². The Hall–Kier alpha value is -1.10. The number of amides is 1. The molecule has 1 aliphatic rings. The molecule has 0 aromatic rings. The highest BCUT2D eigenvalue weighted by molar-refractivity contribution is 5.76. The highest BCUT2D eigenvalue weighted by Crippen LogP contribution is 2.22. The van der Waals surface area contributed by atoms with Crippen molar-refractivity contribution < 1.29 is 14.7 Å². The van der Waals surface area contributed by atoms with Gasteiger partial charge in [0.15, 0.2) is 0 Å². The van der Waals surface area contributed by atoms with E-state index in [1.54, 1.807) is 0 Å². The van der Waals surface area contributed by atoms with Crippen LogP contribution in [0.1, 0.15) is 58.3 Å². The maximum absolute atomic E-state index is 11.9. The second-order valence-electron chi connectivity index (χ2n) is 6.20.